The van der Waals surface area contributed by atoms with Gasteiger partial charge in [0.1, 0.15) is 5.82 Å². The molecule has 1 aromatic carbocycles. The molecule has 0 saturated heterocycles. The Hall–Kier alpha value is -1.82. The molecule has 116 valence electrons. The second kappa shape index (κ2) is 6.76. The SMILES string of the molecule is CC(C)(C)N(CCC(=O)O)C(=O)Nc1ccc(Cl)c(F)c1. The molecule has 0 aliphatic carbocycles. The summed E-state index contributed by atoms with van der Waals surface area (Å²) in [6.45, 7) is 5.42. The van der Waals surface area contributed by atoms with Gasteiger partial charge in [-0.25, -0.2) is 9.18 Å². The van der Waals surface area contributed by atoms with E-state index >= 15 is 0 Å². The van der Waals surface area contributed by atoms with E-state index in [9.17, 15) is 14.0 Å². The number of hydrogen-bond donors (Lipinski definition) is 2. The predicted octanol–water partition coefficient (Wildman–Crippen LogP) is 3.59. The van der Waals surface area contributed by atoms with Gasteiger partial charge in [0.2, 0.25) is 0 Å². The van der Waals surface area contributed by atoms with Crippen LogP contribution in [-0.4, -0.2) is 34.1 Å². The molecular weight excluding hydrogens is 299 g/mol. The van der Waals surface area contributed by atoms with Gasteiger partial charge in [0, 0.05) is 17.8 Å². The average Bonchev–Trinajstić information content (AvgIpc) is 2.32. The number of carboxylic acid groups (broad SMARTS) is 1. The summed E-state index contributed by atoms with van der Waals surface area (Å²) in [6.07, 6.45) is -0.167. The number of anilines is 1. The van der Waals surface area contributed by atoms with Gasteiger partial charge < -0.3 is 15.3 Å². The summed E-state index contributed by atoms with van der Waals surface area (Å²) in [4.78, 5) is 24.3. The van der Waals surface area contributed by atoms with Gasteiger partial charge in [-0.1, -0.05) is 11.6 Å². The van der Waals surface area contributed by atoms with Crippen molar-refractivity contribution in [2.24, 2.45) is 0 Å². The highest BCUT2D eigenvalue weighted by Gasteiger charge is 2.27. The van der Waals surface area contributed by atoms with Gasteiger partial charge in [0.25, 0.3) is 0 Å². The van der Waals surface area contributed by atoms with Gasteiger partial charge in [-0.2, -0.15) is 0 Å². The molecule has 0 atom stereocenters. The summed E-state index contributed by atoms with van der Waals surface area (Å²) >= 11 is 5.57. The summed E-state index contributed by atoms with van der Waals surface area (Å²) in [5.74, 6) is -1.63. The minimum atomic E-state index is -0.991. The molecular formula is C14H18ClFN2O3. The first kappa shape index (κ1) is 17.2. The Balaban J connectivity index is 2.85. The Kier molecular flexibility index (Phi) is 5.54. The van der Waals surface area contributed by atoms with Crippen molar-refractivity contribution in [3.63, 3.8) is 0 Å². The number of carbonyl (C=O) groups excluding carboxylic acids is 1. The standard InChI is InChI=1S/C14H18ClFN2O3/c1-14(2,3)18(7-6-12(19)20)13(21)17-9-4-5-10(15)11(16)8-9/h4-5,8H,6-7H2,1-3H3,(H,17,21)(H,19,20). The lowest BCUT2D eigenvalue weighted by atomic mass is 10.1. The summed E-state index contributed by atoms with van der Waals surface area (Å²) in [6, 6.07) is 3.43. The molecule has 7 heteroatoms. The molecule has 5 nitrogen and oxygen atoms in total. The Morgan fingerprint density at radius 3 is 2.48 bits per heavy atom. The van der Waals surface area contributed by atoms with E-state index in [-0.39, 0.29) is 23.7 Å². The minimum Gasteiger partial charge on any atom is -0.481 e. The molecule has 21 heavy (non-hydrogen) atoms. The molecule has 0 unspecified atom stereocenters. The van der Waals surface area contributed by atoms with Gasteiger partial charge in [-0.15, -0.1) is 0 Å². The van der Waals surface area contributed by atoms with Crippen molar-refractivity contribution in [1.29, 1.82) is 0 Å². The zero-order valence-corrected chi connectivity index (χ0v) is 12.9. The highest BCUT2D eigenvalue weighted by atomic mass is 35.5. The highest BCUT2D eigenvalue weighted by Crippen LogP contribution is 2.21. The van der Waals surface area contributed by atoms with Gasteiger partial charge in [-0.3, -0.25) is 4.79 Å². The maximum absolute atomic E-state index is 13.3. The van der Waals surface area contributed by atoms with Crippen LogP contribution in [0.1, 0.15) is 27.2 Å². The topological polar surface area (TPSA) is 69.6 Å². The van der Waals surface area contributed by atoms with Crippen LogP contribution in [0.15, 0.2) is 18.2 Å². The van der Waals surface area contributed by atoms with Crippen LogP contribution in [-0.2, 0) is 4.79 Å². The molecule has 0 fully saturated rings. The van der Waals surface area contributed by atoms with Crippen molar-refractivity contribution < 1.29 is 19.1 Å². The first-order chi connectivity index (χ1) is 9.61. The first-order valence-corrected chi connectivity index (χ1v) is 6.74. The quantitative estimate of drug-likeness (QED) is 0.892. The van der Waals surface area contributed by atoms with Crippen molar-refractivity contribution in [3.05, 3.63) is 29.0 Å². The third-order valence-electron chi connectivity index (χ3n) is 2.78. The van der Waals surface area contributed by atoms with E-state index < -0.39 is 23.4 Å². The van der Waals surface area contributed by atoms with Gasteiger partial charge in [0.15, 0.2) is 0 Å². The Morgan fingerprint density at radius 2 is 2.00 bits per heavy atom. The molecule has 0 aliphatic heterocycles. The molecule has 2 N–H and O–H groups in total. The fourth-order valence-electron chi connectivity index (χ4n) is 1.71. The number of carbonyl (C=O) groups is 2. The van der Waals surface area contributed by atoms with Crippen molar-refractivity contribution in [1.82, 2.24) is 4.90 Å². The predicted molar refractivity (Wildman–Crippen MR) is 79.1 cm³/mol. The van der Waals surface area contributed by atoms with Crippen molar-refractivity contribution in [2.45, 2.75) is 32.7 Å². The number of nitrogens with one attached hydrogen (secondary N) is 1. The monoisotopic (exact) mass is 316 g/mol. The second-order valence-corrected chi connectivity index (χ2v) is 5.93. The van der Waals surface area contributed by atoms with E-state index in [0.717, 1.165) is 6.07 Å². The largest absolute Gasteiger partial charge is 0.481 e. The Morgan fingerprint density at radius 1 is 1.38 bits per heavy atom. The Bertz CT molecular complexity index is 544. The third-order valence-corrected chi connectivity index (χ3v) is 3.08. The summed E-state index contributed by atoms with van der Waals surface area (Å²) in [7, 11) is 0. The van der Waals surface area contributed by atoms with Crippen LogP contribution in [0.4, 0.5) is 14.9 Å². The molecule has 0 spiro atoms. The number of urea groups is 1. The van der Waals surface area contributed by atoms with Crippen LogP contribution in [0.3, 0.4) is 0 Å². The highest BCUT2D eigenvalue weighted by molar-refractivity contribution is 6.30. The molecule has 0 aliphatic rings. The summed E-state index contributed by atoms with van der Waals surface area (Å²) < 4.78 is 13.3. The number of benzene rings is 1. The number of amides is 2. The fraction of sp³-hybridized carbons (Fsp3) is 0.429. The first-order valence-electron chi connectivity index (χ1n) is 6.36. The lowest BCUT2D eigenvalue weighted by Gasteiger charge is -2.35. The van der Waals surface area contributed by atoms with E-state index in [1.54, 1.807) is 20.8 Å². The number of rotatable bonds is 4. The number of halogens is 2. The van der Waals surface area contributed by atoms with Crippen molar-refractivity contribution in [3.8, 4) is 0 Å². The van der Waals surface area contributed by atoms with Crippen molar-refractivity contribution in [2.75, 3.05) is 11.9 Å². The summed E-state index contributed by atoms with van der Waals surface area (Å²) in [5, 5.41) is 11.2. The maximum Gasteiger partial charge on any atom is 0.322 e. The van der Waals surface area contributed by atoms with E-state index in [0.29, 0.717) is 0 Å². The van der Waals surface area contributed by atoms with E-state index in [1.165, 1.54) is 17.0 Å². The summed E-state index contributed by atoms with van der Waals surface area (Å²) in [5.41, 5.74) is -0.309. The lowest BCUT2D eigenvalue weighted by Crippen LogP contribution is -2.48. The van der Waals surface area contributed by atoms with Crippen LogP contribution < -0.4 is 5.32 Å². The molecule has 1 rings (SSSR count). The van der Waals surface area contributed by atoms with E-state index in [2.05, 4.69) is 5.32 Å². The van der Waals surface area contributed by atoms with Crippen molar-refractivity contribution >= 4 is 29.3 Å². The molecule has 0 saturated carbocycles. The molecule has 0 heterocycles. The van der Waals surface area contributed by atoms with Crippen LogP contribution in [0, 0.1) is 5.82 Å². The van der Waals surface area contributed by atoms with Crippen LogP contribution in [0.5, 0.6) is 0 Å². The van der Waals surface area contributed by atoms with Crippen LogP contribution in [0.25, 0.3) is 0 Å². The zero-order valence-electron chi connectivity index (χ0n) is 12.1. The number of aliphatic carboxylic acids is 1. The van der Waals surface area contributed by atoms with Gasteiger partial charge >= 0.3 is 12.0 Å². The maximum atomic E-state index is 13.3. The number of hydrogen-bond acceptors (Lipinski definition) is 2. The minimum absolute atomic E-state index is 0.0356. The van der Waals surface area contributed by atoms with E-state index in [1.807, 2.05) is 0 Å². The normalized spacial score (nSPS) is 11.1. The second-order valence-electron chi connectivity index (χ2n) is 5.53. The average molecular weight is 317 g/mol. The zero-order chi connectivity index (χ0) is 16.2. The van der Waals surface area contributed by atoms with Crippen LogP contribution >= 0.6 is 11.6 Å². The fourth-order valence-corrected chi connectivity index (χ4v) is 1.83. The molecule has 0 radical (unpaired) electrons. The molecule has 1 aromatic rings. The van der Waals surface area contributed by atoms with Gasteiger partial charge in [-0.05, 0) is 39.0 Å². The number of carboxylic acids is 1. The smallest absolute Gasteiger partial charge is 0.322 e. The Labute approximate surface area is 127 Å². The molecule has 0 bridgehead atoms. The molecule has 2 amide bonds. The van der Waals surface area contributed by atoms with Crippen LogP contribution in [0.2, 0.25) is 5.02 Å². The van der Waals surface area contributed by atoms with E-state index in [4.69, 9.17) is 16.7 Å². The third kappa shape index (κ3) is 5.23. The van der Waals surface area contributed by atoms with Gasteiger partial charge in [0.05, 0.1) is 11.4 Å². The lowest BCUT2D eigenvalue weighted by molar-refractivity contribution is -0.137. The molecule has 0 aromatic heterocycles. The number of nitrogens with zero attached hydrogens (tertiary/aromatic N) is 1.